The number of hydrogen-bond donors (Lipinski definition) is 2. The Kier molecular flexibility index (Phi) is 3.99. The summed E-state index contributed by atoms with van der Waals surface area (Å²) in [6.07, 6.45) is 4.88. The Morgan fingerprint density at radius 3 is 3.07 bits per heavy atom. The van der Waals surface area contributed by atoms with Crippen LogP contribution in [-0.2, 0) is 21.4 Å². The zero-order valence-electron chi connectivity index (χ0n) is 16.6. The Labute approximate surface area is 165 Å². The molecule has 5 rings (SSSR count). The molecule has 1 amide bonds. The molecule has 6 nitrogen and oxygen atoms in total. The minimum Gasteiger partial charge on any atom is -0.504 e. The molecule has 2 N–H and O–H groups in total. The number of piperidine rings is 1. The second-order valence-electron chi connectivity index (χ2n) is 8.93. The number of Topliss-reactive ketones (excluding diaryl/α,β-unsaturated/α-hetero) is 1. The molecule has 1 saturated heterocycles. The van der Waals surface area contributed by atoms with Gasteiger partial charge in [-0.1, -0.05) is 13.3 Å². The van der Waals surface area contributed by atoms with Crippen LogP contribution in [0.4, 0.5) is 5.69 Å². The SMILES string of the molecule is CCCCC(=O)Nc1cc(O)c2c3c1C[C@@H]1[C@@H]4CCC(=O)[C@H](O2)[C@]34CCN1C. The number of unbranched alkanes of at least 4 members (excludes halogenated alkanes) is 1. The van der Waals surface area contributed by atoms with Crippen LogP contribution < -0.4 is 10.1 Å². The summed E-state index contributed by atoms with van der Waals surface area (Å²) in [5, 5.41) is 13.8. The lowest BCUT2D eigenvalue weighted by molar-refractivity contribution is -0.138. The molecule has 0 aromatic heterocycles. The third-order valence-electron chi connectivity index (χ3n) is 7.55. The third-order valence-corrected chi connectivity index (χ3v) is 7.55. The minimum atomic E-state index is -0.492. The normalized spacial score (nSPS) is 32.6. The molecule has 0 unspecified atom stereocenters. The molecule has 2 aliphatic heterocycles. The Hall–Kier alpha value is -2.08. The highest BCUT2D eigenvalue weighted by molar-refractivity contribution is 5.94. The van der Waals surface area contributed by atoms with Gasteiger partial charge in [0.1, 0.15) is 0 Å². The van der Waals surface area contributed by atoms with Gasteiger partial charge in [0.15, 0.2) is 23.4 Å². The zero-order chi connectivity index (χ0) is 19.6. The topological polar surface area (TPSA) is 78.9 Å². The second kappa shape index (κ2) is 6.21. The van der Waals surface area contributed by atoms with Gasteiger partial charge in [-0.15, -0.1) is 0 Å². The first-order valence-corrected chi connectivity index (χ1v) is 10.6. The number of ketones is 1. The molecule has 4 aliphatic rings. The average Bonchev–Trinajstić information content (AvgIpc) is 3.02. The average molecular weight is 384 g/mol. The number of phenolic OH excluding ortho intramolecular Hbond substituents is 1. The highest BCUT2D eigenvalue weighted by Crippen LogP contribution is 2.64. The standard InChI is InChI=1S/C22H28N2O4/c1-3-4-5-18(27)23-14-11-17(26)20-19-12(14)10-15-13-6-7-16(25)21(28-20)22(13,19)8-9-24(15)2/h11,13,15,21,26H,3-10H2,1-2H3,(H,23,27)/t13-,15+,21-,22-/m0/s1. The van der Waals surface area contributed by atoms with E-state index >= 15 is 0 Å². The lowest BCUT2D eigenvalue weighted by Gasteiger charge is -2.57. The number of carbonyl (C=O) groups excluding carboxylic acids is 2. The summed E-state index contributed by atoms with van der Waals surface area (Å²) in [4.78, 5) is 27.6. The Morgan fingerprint density at radius 2 is 2.29 bits per heavy atom. The minimum absolute atomic E-state index is 0.0224. The molecule has 4 atom stereocenters. The first-order chi connectivity index (χ1) is 13.5. The molecule has 6 heteroatoms. The van der Waals surface area contributed by atoms with Crippen LogP contribution in [0, 0.1) is 5.92 Å². The van der Waals surface area contributed by atoms with Crippen LogP contribution in [-0.4, -0.2) is 47.4 Å². The van der Waals surface area contributed by atoms with Crippen LogP contribution in [0.2, 0.25) is 0 Å². The number of amides is 1. The maximum atomic E-state index is 12.8. The van der Waals surface area contributed by atoms with Crippen molar-refractivity contribution in [2.45, 2.75) is 69.4 Å². The maximum Gasteiger partial charge on any atom is 0.224 e. The van der Waals surface area contributed by atoms with Crippen molar-refractivity contribution >= 4 is 17.4 Å². The lowest BCUT2D eigenvalue weighted by Crippen LogP contribution is -2.65. The van der Waals surface area contributed by atoms with E-state index in [2.05, 4.69) is 24.2 Å². The molecule has 28 heavy (non-hydrogen) atoms. The van der Waals surface area contributed by atoms with Gasteiger partial charge in [-0.3, -0.25) is 9.59 Å². The number of likely N-dealkylation sites (tertiary alicyclic amines) is 1. The third kappa shape index (κ3) is 2.24. The van der Waals surface area contributed by atoms with Crippen LogP contribution in [0.1, 0.15) is 56.6 Å². The van der Waals surface area contributed by atoms with Gasteiger partial charge in [0.05, 0.1) is 0 Å². The van der Waals surface area contributed by atoms with Crippen LogP contribution in [0.15, 0.2) is 6.07 Å². The van der Waals surface area contributed by atoms with Gasteiger partial charge in [0.25, 0.3) is 0 Å². The molecular weight excluding hydrogens is 356 g/mol. The van der Waals surface area contributed by atoms with Crippen LogP contribution in [0.5, 0.6) is 11.5 Å². The van der Waals surface area contributed by atoms with E-state index in [-0.39, 0.29) is 22.9 Å². The fourth-order valence-electron chi connectivity index (χ4n) is 6.27. The highest BCUT2D eigenvalue weighted by Gasteiger charge is 2.65. The quantitative estimate of drug-likeness (QED) is 0.835. The van der Waals surface area contributed by atoms with Gasteiger partial charge < -0.3 is 20.1 Å². The Bertz CT molecular complexity index is 867. The number of nitrogens with one attached hydrogen (secondary N) is 1. The van der Waals surface area contributed by atoms with Crippen molar-refractivity contribution in [2.75, 3.05) is 18.9 Å². The van der Waals surface area contributed by atoms with Gasteiger partial charge >= 0.3 is 0 Å². The molecular formula is C22H28N2O4. The van der Waals surface area contributed by atoms with Crippen molar-refractivity contribution in [3.05, 3.63) is 17.2 Å². The fraction of sp³-hybridized carbons (Fsp3) is 0.636. The van der Waals surface area contributed by atoms with Crippen LogP contribution in [0.25, 0.3) is 0 Å². The smallest absolute Gasteiger partial charge is 0.224 e. The predicted octanol–water partition coefficient (Wildman–Crippen LogP) is 2.76. The van der Waals surface area contributed by atoms with Gasteiger partial charge in [0, 0.05) is 41.6 Å². The Balaban J connectivity index is 1.65. The summed E-state index contributed by atoms with van der Waals surface area (Å²) < 4.78 is 6.15. The zero-order valence-corrected chi connectivity index (χ0v) is 16.6. The number of likely N-dealkylation sites (N-methyl/N-ethyl adjacent to an activating group) is 1. The molecule has 2 bridgehead atoms. The first-order valence-electron chi connectivity index (χ1n) is 10.6. The van der Waals surface area contributed by atoms with E-state index in [1.54, 1.807) is 6.07 Å². The van der Waals surface area contributed by atoms with Gasteiger partial charge in [-0.05, 0) is 50.8 Å². The summed E-state index contributed by atoms with van der Waals surface area (Å²) in [7, 11) is 2.16. The summed E-state index contributed by atoms with van der Waals surface area (Å²) >= 11 is 0. The van der Waals surface area contributed by atoms with Gasteiger partial charge in [-0.25, -0.2) is 0 Å². The summed E-state index contributed by atoms with van der Waals surface area (Å²) in [5.74, 6) is 1.00. The van der Waals surface area contributed by atoms with Crippen molar-refractivity contribution < 1.29 is 19.4 Å². The maximum absolute atomic E-state index is 12.8. The van der Waals surface area contributed by atoms with E-state index in [0.717, 1.165) is 49.8 Å². The van der Waals surface area contributed by atoms with E-state index < -0.39 is 6.10 Å². The van der Waals surface area contributed by atoms with Crippen molar-refractivity contribution in [1.29, 1.82) is 0 Å². The number of hydrogen-bond acceptors (Lipinski definition) is 5. The number of ether oxygens (including phenoxy) is 1. The van der Waals surface area contributed by atoms with Crippen molar-refractivity contribution in [2.24, 2.45) is 5.92 Å². The van der Waals surface area contributed by atoms with Crippen LogP contribution in [0.3, 0.4) is 0 Å². The molecule has 2 aliphatic carbocycles. The first kappa shape index (κ1) is 18.0. The fourth-order valence-corrected chi connectivity index (χ4v) is 6.27. The largest absolute Gasteiger partial charge is 0.504 e. The number of rotatable bonds is 4. The number of anilines is 1. The number of phenols is 1. The molecule has 1 aromatic carbocycles. The summed E-state index contributed by atoms with van der Waals surface area (Å²) in [6, 6.07) is 1.95. The van der Waals surface area contributed by atoms with Crippen molar-refractivity contribution in [1.82, 2.24) is 4.90 Å². The molecule has 1 spiro atoms. The van der Waals surface area contributed by atoms with Gasteiger partial charge in [0.2, 0.25) is 5.91 Å². The number of nitrogens with zero attached hydrogens (tertiary/aromatic N) is 1. The van der Waals surface area contributed by atoms with E-state index in [1.807, 2.05) is 0 Å². The number of aromatic hydroxyl groups is 1. The van der Waals surface area contributed by atoms with E-state index in [4.69, 9.17) is 4.74 Å². The molecule has 0 radical (unpaired) electrons. The van der Waals surface area contributed by atoms with E-state index in [1.165, 1.54) is 0 Å². The predicted molar refractivity (Wildman–Crippen MR) is 105 cm³/mol. The molecule has 1 saturated carbocycles. The van der Waals surface area contributed by atoms with E-state index in [9.17, 15) is 14.7 Å². The van der Waals surface area contributed by atoms with Gasteiger partial charge in [-0.2, -0.15) is 0 Å². The highest BCUT2D eigenvalue weighted by atomic mass is 16.5. The summed E-state index contributed by atoms with van der Waals surface area (Å²) in [6.45, 7) is 2.98. The Morgan fingerprint density at radius 1 is 1.46 bits per heavy atom. The van der Waals surface area contributed by atoms with Crippen molar-refractivity contribution in [3.8, 4) is 11.5 Å². The lowest BCUT2D eigenvalue weighted by atomic mass is 9.51. The molecule has 1 aromatic rings. The number of benzene rings is 1. The molecule has 150 valence electrons. The molecule has 2 heterocycles. The molecule has 2 fully saturated rings. The number of carbonyl (C=O) groups is 2. The van der Waals surface area contributed by atoms with Crippen molar-refractivity contribution in [3.63, 3.8) is 0 Å². The van der Waals surface area contributed by atoms with E-state index in [0.29, 0.717) is 36.2 Å². The second-order valence-corrected chi connectivity index (χ2v) is 8.93. The monoisotopic (exact) mass is 384 g/mol. The summed E-state index contributed by atoms with van der Waals surface area (Å²) in [5.41, 5.74) is 2.41. The van der Waals surface area contributed by atoms with Crippen LogP contribution >= 0.6 is 0 Å².